The fraction of sp³-hybridized carbons (Fsp3) is 0.615. The third-order valence-electron chi connectivity index (χ3n) is 3.89. The van der Waals surface area contributed by atoms with Crippen molar-refractivity contribution >= 4 is 5.91 Å². The molecule has 2 heterocycles. The lowest BCUT2D eigenvalue weighted by molar-refractivity contribution is -0.136. The van der Waals surface area contributed by atoms with Crippen molar-refractivity contribution in [3.8, 4) is 0 Å². The second-order valence-corrected chi connectivity index (χ2v) is 5.09. The highest BCUT2D eigenvalue weighted by Gasteiger charge is 2.33. The van der Waals surface area contributed by atoms with Crippen molar-refractivity contribution in [1.29, 1.82) is 0 Å². The number of carbonyl (C=O) groups is 1. The van der Waals surface area contributed by atoms with Gasteiger partial charge in [-0.1, -0.05) is 17.4 Å². The molecule has 96 valence electrons. The van der Waals surface area contributed by atoms with Gasteiger partial charge < -0.3 is 4.90 Å². The number of likely N-dealkylation sites (tertiary alicyclic amines) is 1. The quantitative estimate of drug-likeness (QED) is 0.754. The van der Waals surface area contributed by atoms with Gasteiger partial charge in [0.2, 0.25) is 5.91 Å². The molecule has 1 aromatic heterocycles. The zero-order valence-electron chi connectivity index (χ0n) is 10.4. The molecule has 1 fully saturated rings. The van der Waals surface area contributed by atoms with Crippen molar-refractivity contribution in [3.63, 3.8) is 0 Å². The number of nitrogens with zero attached hydrogens (tertiary/aromatic N) is 4. The first kappa shape index (κ1) is 11.4. The number of allylic oxidation sites excluding steroid dienone is 2. The van der Waals surface area contributed by atoms with E-state index in [-0.39, 0.29) is 5.92 Å². The van der Waals surface area contributed by atoms with Crippen LogP contribution in [0.1, 0.15) is 25.7 Å². The Morgan fingerprint density at radius 2 is 2.17 bits per heavy atom. The smallest absolute Gasteiger partial charge is 0.226 e. The van der Waals surface area contributed by atoms with Crippen LogP contribution in [0.2, 0.25) is 0 Å². The summed E-state index contributed by atoms with van der Waals surface area (Å²) in [7, 11) is 0. The van der Waals surface area contributed by atoms with Crippen LogP contribution < -0.4 is 0 Å². The average Bonchev–Trinajstić information content (AvgIpc) is 3.12. The highest BCUT2D eigenvalue weighted by atomic mass is 16.2. The molecule has 0 radical (unpaired) electrons. The van der Waals surface area contributed by atoms with Crippen LogP contribution in [-0.4, -0.2) is 38.4 Å². The molecule has 3 rings (SSSR count). The van der Waals surface area contributed by atoms with Crippen LogP contribution in [-0.2, 0) is 11.3 Å². The molecule has 1 aliphatic heterocycles. The van der Waals surface area contributed by atoms with Gasteiger partial charge in [0.25, 0.3) is 0 Å². The third-order valence-corrected chi connectivity index (χ3v) is 3.89. The van der Waals surface area contributed by atoms with Gasteiger partial charge in [0.1, 0.15) is 0 Å². The SMILES string of the molecule is O=C(C1CC=CC1)N1CCC[C@H]1Cn1ccnn1. The Balaban J connectivity index is 1.65. The van der Waals surface area contributed by atoms with Crippen LogP contribution in [0.5, 0.6) is 0 Å². The fourth-order valence-electron chi connectivity index (χ4n) is 2.92. The Morgan fingerprint density at radius 1 is 1.33 bits per heavy atom. The maximum Gasteiger partial charge on any atom is 0.226 e. The van der Waals surface area contributed by atoms with E-state index in [0.717, 1.165) is 38.8 Å². The lowest BCUT2D eigenvalue weighted by Gasteiger charge is -2.27. The first-order chi connectivity index (χ1) is 8.84. The summed E-state index contributed by atoms with van der Waals surface area (Å²) < 4.78 is 1.82. The molecule has 0 N–H and O–H groups in total. The topological polar surface area (TPSA) is 51.0 Å². The Kier molecular flexibility index (Phi) is 3.13. The van der Waals surface area contributed by atoms with Crippen molar-refractivity contribution in [3.05, 3.63) is 24.5 Å². The fourth-order valence-corrected chi connectivity index (χ4v) is 2.92. The zero-order chi connectivity index (χ0) is 12.4. The molecule has 1 aliphatic carbocycles. The lowest BCUT2D eigenvalue weighted by Crippen LogP contribution is -2.41. The van der Waals surface area contributed by atoms with Crippen molar-refractivity contribution in [2.45, 2.75) is 38.3 Å². The minimum atomic E-state index is 0.182. The molecule has 1 saturated heterocycles. The molecule has 2 aliphatic rings. The number of hydrogen-bond acceptors (Lipinski definition) is 3. The molecule has 5 heteroatoms. The Morgan fingerprint density at radius 3 is 2.89 bits per heavy atom. The number of amides is 1. The first-order valence-corrected chi connectivity index (χ1v) is 6.64. The maximum atomic E-state index is 12.4. The summed E-state index contributed by atoms with van der Waals surface area (Å²) >= 11 is 0. The standard InChI is InChI=1S/C13H18N4O/c18-13(11-4-1-2-5-11)17-8-3-6-12(17)10-16-9-7-14-15-16/h1-2,7,9,11-12H,3-6,8,10H2/t12-/m0/s1. The molecular formula is C13H18N4O. The summed E-state index contributed by atoms with van der Waals surface area (Å²) in [5.41, 5.74) is 0. The van der Waals surface area contributed by atoms with E-state index < -0.39 is 0 Å². The molecule has 1 atom stereocenters. The zero-order valence-corrected chi connectivity index (χ0v) is 10.4. The van der Waals surface area contributed by atoms with Gasteiger partial charge in [-0.15, -0.1) is 5.10 Å². The van der Waals surface area contributed by atoms with E-state index in [0.29, 0.717) is 11.9 Å². The average molecular weight is 246 g/mol. The van der Waals surface area contributed by atoms with Crippen LogP contribution in [0, 0.1) is 5.92 Å². The van der Waals surface area contributed by atoms with Gasteiger partial charge in [-0.2, -0.15) is 0 Å². The lowest BCUT2D eigenvalue weighted by atomic mass is 10.1. The van der Waals surface area contributed by atoms with Crippen LogP contribution in [0.4, 0.5) is 0 Å². The molecule has 0 spiro atoms. The molecule has 0 unspecified atom stereocenters. The second-order valence-electron chi connectivity index (χ2n) is 5.09. The highest BCUT2D eigenvalue weighted by Crippen LogP contribution is 2.26. The largest absolute Gasteiger partial charge is 0.338 e. The molecular weight excluding hydrogens is 228 g/mol. The van der Waals surface area contributed by atoms with Crippen LogP contribution >= 0.6 is 0 Å². The Bertz CT molecular complexity index is 432. The second kappa shape index (κ2) is 4.92. The van der Waals surface area contributed by atoms with E-state index >= 15 is 0 Å². The molecule has 0 saturated carbocycles. The number of aromatic nitrogens is 3. The highest BCUT2D eigenvalue weighted by molar-refractivity contribution is 5.80. The monoisotopic (exact) mass is 246 g/mol. The van der Waals surface area contributed by atoms with E-state index in [4.69, 9.17) is 0 Å². The van der Waals surface area contributed by atoms with E-state index in [9.17, 15) is 4.79 Å². The Hall–Kier alpha value is -1.65. The molecule has 0 aromatic carbocycles. The van der Waals surface area contributed by atoms with Crippen LogP contribution in [0.3, 0.4) is 0 Å². The van der Waals surface area contributed by atoms with E-state index in [2.05, 4.69) is 27.4 Å². The van der Waals surface area contributed by atoms with Gasteiger partial charge in [-0.25, -0.2) is 0 Å². The van der Waals surface area contributed by atoms with Gasteiger partial charge >= 0.3 is 0 Å². The van der Waals surface area contributed by atoms with Crippen molar-refractivity contribution in [2.75, 3.05) is 6.54 Å². The summed E-state index contributed by atoms with van der Waals surface area (Å²) in [6, 6.07) is 0.291. The number of rotatable bonds is 3. The predicted molar refractivity (Wildman–Crippen MR) is 66.6 cm³/mol. The normalized spacial score (nSPS) is 24.0. The van der Waals surface area contributed by atoms with Crippen molar-refractivity contribution in [1.82, 2.24) is 19.9 Å². The first-order valence-electron chi connectivity index (χ1n) is 6.64. The van der Waals surface area contributed by atoms with Gasteiger partial charge in [0, 0.05) is 18.7 Å². The number of carbonyl (C=O) groups excluding carboxylic acids is 1. The van der Waals surface area contributed by atoms with E-state index in [1.165, 1.54) is 0 Å². The maximum absolute atomic E-state index is 12.4. The third kappa shape index (κ3) is 2.17. The van der Waals surface area contributed by atoms with Crippen LogP contribution in [0.15, 0.2) is 24.5 Å². The number of hydrogen-bond donors (Lipinski definition) is 0. The minimum Gasteiger partial charge on any atom is -0.338 e. The van der Waals surface area contributed by atoms with Gasteiger partial charge in [0.05, 0.1) is 18.8 Å². The summed E-state index contributed by atoms with van der Waals surface area (Å²) in [5.74, 6) is 0.504. The summed E-state index contributed by atoms with van der Waals surface area (Å²) in [6.07, 6.45) is 11.8. The van der Waals surface area contributed by atoms with Gasteiger partial charge in [0.15, 0.2) is 0 Å². The molecule has 5 nitrogen and oxygen atoms in total. The minimum absolute atomic E-state index is 0.182. The summed E-state index contributed by atoms with van der Waals surface area (Å²) in [5, 5.41) is 7.80. The van der Waals surface area contributed by atoms with Crippen LogP contribution in [0.25, 0.3) is 0 Å². The van der Waals surface area contributed by atoms with Gasteiger partial charge in [-0.3, -0.25) is 9.48 Å². The molecule has 1 aromatic rings. The Labute approximate surface area is 106 Å². The van der Waals surface area contributed by atoms with Gasteiger partial charge in [-0.05, 0) is 25.7 Å². The summed E-state index contributed by atoms with van der Waals surface area (Å²) in [4.78, 5) is 14.5. The molecule has 0 bridgehead atoms. The van der Waals surface area contributed by atoms with E-state index in [1.54, 1.807) is 6.20 Å². The molecule has 18 heavy (non-hydrogen) atoms. The summed E-state index contributed by atoms with van der Waals surface area (Å²) in [6.45, 7) is 1.67. The van der Waals surface area contributed by atoms with Crippen molar-refractivity contribution in [2.24, 2.45) is 5.92 Å². The predicted octanol–water partition coefficient (Wildman–Crippen LogP) is 1.24. The molecule has 1 amide bonds. The van der Waals surface area contributed by atoms with Crippen molar-refractivity contribution < 1.29 is 4.79 Å². The van der Waals surface area contributed by atoms with E-state index in [1.807, 2.05) is 10.9 Å².